The third-order valence-electron chi connectivity index (χ3n) is 3.09. The number of carboxylic acid groups (broad SMARTS) is 1. The molecular formula is C13H17NO5S. The zero-order valence-electron chi connectivity index (χ0n) is 11.5. The second-order valence-corrected chi connectivity index (χ2v) is 6.76. The van der Waals surface area contributed by atoms with Gasteiger partial charge in [0.25, 0.3) is 5.91 Å². The minimum absolute atomic E-state index is 0.0127. The summed E-state index contributed by atoms with van der Waals surface area (Å²) in [6, 6.07) is 5.47. The maximum atomic E-state index is 12.0. The van der Waals surface area contributed by atoms with Crippen LogP contribution in [0.2, 0.25) is 0 Å². The highest BCUT2D eigenvalue weighted by atomic mass is 32.2. The van der Waals surface area contributed by atoms with Crippen molar-refractivity contribution in [1.82, 2.24) is 5.32 Å². The van der Waals surface area contributed by atoms with Gasteiger partial charge in [0.1, 0.15) is 5.54 Å². The minimum Gasteiger partial charge on any atom is -0.480 e. The smallest absolute Gasteiger partial charge is 0.329 e. The summed E-state index contributed by atoms with van der Waals surface area (Å²) >= 11 is 0. The Morgan fingerprint density at radius 3 is 2.40 bits per heavy atom. The molecule has 0 saturated carbocycles. The molecule has 1 rings (SSSR count). The quantitative estimate of drug-likeness (QED) is 0.847. The van der Waals surface area contributed by atoms with Gasteiger partial charge >= 0.3 is 5.97 Å². The molecule has 2 N–H and O–H groups in total. The number of aliphatic carboxylic acids is 1. The van der Waals surface area contributed by atoms with Gasteiger partial charge in [-0.2, -0.15) is 0 Å². The molecule has 0 bridgehead atoms. The van der Waals surface area contributed by atoms with Gasteiger partial charge < -0.3 is 10.4 Å². The maximum Gasteiger partial charge on any atom is 0.329 e. The van der Waals surface area contributed by atoms with Gasteiger partial charge in [0, 0.05) is 11.8 Å². The van der Waals surface area contributed by atoms with Crippen LogP contribution in [-0.2, 0) is 14.6 Å². The second kappa shape index (κ2) is 5.62. The molecule has 1 atom stereocenters. The van der Waals surface area contributed by atoms with Crippen LogP contribution in [0.4, 0.5) is 0 Å². The number of rotatable bonds is 5. The van der Waals surface area contributed by atoms with Crippen LogP contribution in [0.15, 0.2) is 29.2 Å². The summed E-state index contributed by atoms with van der Waals surface area (Å²) in [4.78, 5) is 23.2. The lowest BCUT2D eigenvalue weighted by Gasteiger charge is -2.24. The molecule has 0 aliphatic rings. The fourth-order valence-electron chi connectivity index (χ4n) is 1.48. The average molecular weight is 299 g/mol. The molecule has 7 heteroatoms. The zero-order valence-corrected chi connectivity index (χ0v) is 12.3. The third kappa shape index (κ3) is 3.57. The summed E-state index contributed by atoms with van der Waals surface area (Å²) < 4.78 is 22.9. The van der Waals surface area contributed by atoms with Crippen LogP contribution in [0, 0.1) is 0 Å². The predicted molar refractivity (Wildman–Crippen MR) is 73.3 cm³/mol. The van der Waals surface area contributed by atoms with Gasteiger partial charge in [0.15, 0.2) is 9.84 Å². The summed E-state index contributed by atoms with van der Waals surface area (Å²) in [5.74, 6) is -1.77. The number of hydrogen-bond acceptors (Lipinski definition) is 4. The lowest BCUT2D eigenvalue weighted by atomic mass is 9.98. The SMILES string of the molecule is CCC(C)(NC(=O)c1cccc(S(C)(=O)=O)c1)C(=O)O. The van der Waals surface area contributed by atoms with E-state index in [1.165, 1.54) is 31.2 Å². The van der Waals surface area contributed by atoms with Crippen molar-refractivity contribution in [1.29, 1.82) is 0 Å². The molecule has 1 aromatic rings. The first-order valence-corrected chi connectivity index (χ1v) is 7.85. The van der Waals surface area contributed by atoms with E-state index in [9.17, 15) is 18.0 Å². The molecule has 6 nitrogen and oxygen atoms in total. The first-order chi connectivity index (χ1) is 9.10. The number of hydrogen-bond donors (Lipinski definition) is 2. The van der Waals surface area contributed by atoms with Gasteiger partial charge in [-0.25, -0.2) is 13.2 Å². The van der Waals surface area contributed by atoms with Crippen molar-refractivity contribution in [3.8, 4) is 0 Å². The van der Waals surface area contributed by atoms with Crippen molar-refractivity contribution in [3.05, 3.63) is 29.8 Å². The van der Waals surface area contributed by atoms with Crippen LogP contribution in [-0.4, -0.2) is 37.2 Å². The van der Waals surface area contributed by atoms with Crippen LogP contribution in [0.1, 0.15) is 30.6 Å². The Kier molecular flexibility index (Phi) is 4.54. The number of amides is 1. The molecule has 110 valence electrons. The molecule has 0 radical (unpaired) electrons. The molecule has 1 aromatic carbocycles. The number of carbonyl (C=O) groups excluding carboxylic acids is 1. The first kappa shape index (κ1) is 16.2. The summed E-state index contributed by atoms with van der Waals surface area (Å²) in [5.41, 5.74) is -1.29. The van der Waals surface area contributed by atoms with Gasteiger partial charge in [0.05, 0.1) is 4.90 Å². The van der Waals surface area contributed by atoms with Crippen LogP contribution >= 0.6 is 0 Å². The average Bonchev–Trinajstić information content (AvgIpc) is 2.37. The monoisotopic (exact) mass is 299 g/mol. The van der Waals surface area contributed by atoms with Crippen LogP contribution in [0.5, 0.6) is 0 Å². The molecule has 0 spiro atoms. The van der Waals surface area contributed by atoms with Crippen molar-refractivity contribution in [3.63, 3.8) is 0 Å². The molecule has 0 fully saturated rings. The van der Waals surface area contributed by atoms with E-state index in [1.54, 1.807) is 6.92 Å². The van der Waals surface area contributed by atoms with Gasteiger partial charge in [-0.3, -0.25) is 4.79 Å². The van der Waals surface area contributed by atoms with Crippen molar-refractivity contribution < 1.29 is 23.1 Å². The highest BCUT2D eigenvalue weighted by Crippen LogP contribution is 2.14. The lowest BCUT2D eigenvalue weighted by molar-refractivity contribution is -0.143. The van der Waals surface area contributed by atoms with E-state index < -0.39 is 27.3 Å². The topological polar surface area (TPSA) is 101 Å². The van der Waals surface area contributed by atoms with Gasteiger partial charge in [0.2, 0.25) is 0 Å². The van der Waals surface area contributed by atoms with E-state index in [4.69, 9.17) is 5.11 Å². The van der Waals surface area contributed by atoms with Gasteiger partial charge in [-0.1, -0.05) is 13.0 Å². The van der Waals surface area contributed by atoms with Gasteiger partial charge in [-0.15, -0.1) is 0 Å². The lowest BCUT2D eigenvalue weighted by Crippen LogP contribution is -2.51. The van der Waals surface area contributed by atoms with E-state index in [0.717, 1.165) is 6.26 Å². The zero-order chi connectivity index (χ0) is 15.6. The normalized spacial score (nSPS) is 14.3. The Morgan fingerprint density at radius 2 is 1.95 bits per heavy atom. The minimum atomic E-state index is -3.42. The van der Waals surface area contributed by atoms with Crippen LogP contribution in [0.3, 0.4) is 0 Å². The van der Waals surface area contributed by atoms with Crippen molar-refractivity contribution in [2.45, 2.75) is 30.7 Å². The molecule has 0 aliphatic heterocycles. The Labute approximate surface area is 117 Å². The van der Waals surface area contributed by atoms with Crippen molar-refractivity contribution >= 4 is 21.7 Å². The Balaban J connectivity index is 3.08. The molecule has 0 aromatic heterocycles. The second-order valence-electron chi connectivity index (χ2n) is 4.74. The predicted octanol–water partition coefficient (Wildman–Crippen LogP) is 1.07. The highest BCUT2D eigenvalue weighted by molar-refractivity contribution is 7.90. The van der Waals surface area contributed by atoms with E-state index in [0.29, 0.717) is 0 Å². The molecule has 20 heavy (non-hydrogen) atoms. The summed E-state index contributed by atoms with van der Waals surface area (Å²) in [7, 11) is -3.42. The third-order valence-corrected chi connectivity index (χ3v) is 4.20. The Hall–Kier alpha value is -1.89. The van der Waals surface area contributed by atoms with E-state index >= 15 is 0 Å². The number of benzene rings is 1. The molecule has 0 saturated heterocycles. The molecule has 0 heterocycles. The van der Waals surface area contributed by atoms with E-state index in [2.05, 4.69) is 5.32 Å². The summed E-state index contributed by atoms with van der Waals surface area (Å²) in [5, 5.41) is 11.5. The number of sulfone groups is 1. The Bertz CT molecular complexity index is 638. The first-order valence-electron chi connectivity index (χ1n) is 5.96. The van der Waals surface area contributed by atoms with Crippen LogP contribution < -0.4 is 5.32 Å². The number of carboxylic acids is 1. The number of nitrogens with one attached hydrogen (secondary N) is 1. The highest BCUT2D eigenvalue weighted by Gasteiger charge is 2.33. The Morgan fingerprint density at radius 1 is 1.35 bits per heavy atom. The summed E-state index contributed by atoms with van der Waals surface area (Å²) in [6.07, 6.45) is 1.25. The standard InChI is InChI=1S/C13H17NO5S/c1-4-13(2,12(16)17)14-11(15)9-6-5-7-10(8-9)20(3,18)19/h5-8H,4H2,1-3H3,(H,14,15)(H,16,17). The van der Waals surface area contributed by atoms with Gasteiger partial charge in [-0.05, 0) is 31.5 Å². The fraction of sp³-hybridized carbons (Fsp3) is 0.385. The summed E-state index contributed by atoms with van der Waals surface area (Å²) in [6.45, 7) is 3.04. The molecule has 1 amide bonds. The van der Waals surface area contributed by atoms with Crippen LogP contribution in [0.25, 0.3) is 0 Å². The molecule has 0 aliphatic carbocycles. The molecule has 1 unspecified atom stereocenters. The van der Waals surface area contributed by atoms with Crippen molar-refractivity contribution in [2.75, 3.05) is 6.26 Å². The number of carbonyl (C=O) groups is 2. The van der Waals surface area contributed by atoms with E-state index in [1.807, 2.05) is 0 Å². The van der Waals surface area contributed by atoms with Crippen molar-refractivity contribution in [2.24, 2.45) is 0 Å². The molecular weight excluding hydrogens is 282 g/mol. The fourth-order valence-corrected chi connectivity index (χ4v) is 2.15. The largest absolute Gasteiger partial charge is 0.480 e. The maximum absolute atomic E-state index is 12.0. The van der Waals surface area contributed by atoms with E-state index in [-0.39, 0.29) is 16.9 Å².